The van der Waals surface area contributed by atoms with Crippen molar-refractivity contribution in [2.24, 2.45) is 0 Å². The Hall–Kier alpha value is -0.430. The number of thioether (sulfide) groups is 1. The molecule has 0 saturated heterocycles. The maximum absolute atomic E-state index is 2.28. The van der Waals surface area contributed by atoms with E-state index >= 15 is 0 Å². The highest BCUT2D eigenvalue weighted by Gasteiger charge is 2.04. The molecular formula is C13H20S. The van der Waals surface area contributed by atoms with Crippen LogP contribution >= 0.6 is 11.8 Å². The van der Waals surface area contributed by atoms with Gasteiger partial charge in [0.2, 0.25) is 0 Å². The average Bonchev–Trinajstić information content (AvgIpc) is 2.01. The first-order valence-electron chi connectivity index (χ1n) is 5.19. The van der Waals surface area contributed by atoms with Gasteiger partial charge in [-0.25, -0.2) is 0 Å². The molecule has 0 aliphatic rings. The van der Waals surface area contributed by atoms with E-state index in [2.05, 4.69) is 46.8 Å². The van der Waals surface area contributed by atoms with Gasteiger partial charge < -0.3 is 0 Å². The van der Waals surface area contributed by atoms with Gasteiger partial charge in [0, 0.05) is 5.75 Å². The van der Waals surface area contributed by atoms with Gasteiger partial charge in [0.25, 0.3) is 0 Å². The zero-order valence-corrected chi connectivity index (χ0v) is 10.7. The molecule has 0 nitrogen and oxygen atoms in total. The number of hydrogen-bond acceptors (Lipinski definition) is 1. The Morgan fingerprint density at radius 2 is 1.57 bits per heavy atom. The molecule has 0 fully saturated rings. The highest BCUT2D eigenvalue weighted by atomic mass is 32.2. The summed E-state index contributed by atoms with van der Waals surface area (Å²) in [4.78, 5) is 0. The van der Waals surface area contributed by atoms with E-state index in [9.17, 15) is 0 Å². The third-order valence-corrected chi connectivity index (χ3v) is 3.52. The first-order valence-corrected chi connectivity index (χ1v) is 6.24. The third kappa shape index (κ3) is 3.06. The van der Waals surface area contributed by atoms with Gasteiger partial charge >= 0.3 is 0 Å². The number of benzene rings is 1. The number of rotatable bonds is 3. The van der Waals surface area contributed by atoms with Gasteiger partial charge in [-0.15, -0.1) is 0 Å². The van der Waals surface area contributed by atoms with E-state index in [-0.39, 0.29) is 0 Å². The molecule has 0 amide bonds. The van der Waals surface area contributed by atoms with Crippen molar-refractivity contribution >= 4 is 11.8 Å². The molecule has 14 heavy (non-hydrogen) atoms. The molecule has 0 unspecified atom stereocenters. The van der Waals surface area contributed by atoms with Crippen LogP contribution in [-0.4, -0.2) is 5.25 Å². The molecular weight excluding hydrogens is 188 g/mol. The van der Waals surface area contributed by atoms with Crippen LogP contribution in [0.2, 0.25) is 0 Å². The van der Waals surface area contributed by atoms with Crippen LogP contribution < -0.4 is 0 Å². The van der Waals surface area contributed by atoms with Crippen LogP contribution in [0.3, 0.4) is 0 Å². The molecule has 0 aliphatic heterocycles. The Kier molecular flexibility index (Phi) is 4.06. The molecule has 0 N–H and O–H groups in total. The smallest absolute Gasteiger partial charge is 0.0192 e. The molecule has 0 aliphatic carbocycles. The summed E-state index contributed by atoms with van der Waals surface area (Å²) in [6.07, 6.45) is 0. The Morgan fingerprint density at radius 1 is 1.07 bits per heavy atom. The van der Waals surface area contributed by atoms with Crippen molar-refractivity contribution in [1.29, 1.82) is 0 Å². The highest BCUT2D eigenvalue weighted by molar-refractivity contribution is 7.99. The number of aryl methyl sites for hydroxylation is 3. The molecule has 78 valence electrons. The maximum atomic E-state index is 2.28. The summed E-state index contributed by atoms with van der Waals surface area (Å²) in [5, 5.41) is 0.718. The van der Waals surface area contributed by atoms with Gasteiger partial charge in [-0.3, -0.25) is 0 Å². The standard InChI is InChI=1S/C13H20S/c1-9(2)14-8-13-11(4)6-10(3)7-12(13)5/h6-7,9H,8H2,1-5H3. The lowest BCUT2D eigenvalue weighted by atomic mass is 10.0. The Labute approximate surface area is 92.1 Å². The molecule has 1 heteroatoms. The zero-order valence-electron chi connectivity index (χ0n) is 9.85. The maximum Gasteiger partial charge on any atom is 0.0192 e. The van der Waals surface area contributed by atoms with Crippen molar-refractivity contribution in [2.45, 2.75) is 45.6 Å². The topological polar surface area (TPSA) is 0 Å². The molecule has 1 aromatic carbocycles. The van der Waals surface area contributed by atoms with Gasteiger partial charge in [-0.1, -0.05) is 31.5 Å². The first kappa shape index (κ1) is 11.6. The lowest BCUT2D eigenvalue weighted by Gasteiger charge is -2.12. The molecule has 0 bridgehead atoms. The lowest BCUT2D eigenvalue weighted by Crippen LogP contribution is -1.95. The normalized spacial score (nSPS) is 11.0. The van der Waals surface area contributed by atoms with Crippen LogP contribution in [0.5, 0.6) is 0 Å². The first-order chi connectivity index (χ1) is 6.50. The average molecular weight is 208 g/mol. The van der Waals surface area contributed by atoms with E-state index in [4.69, 9.17) is 0 Å². The fraction of sp³-hybridized carbons (Fsp3) is 0.538. The Balaban J connectivity index is 2.86. The second-order valence-electron chi connectivity index (χ2n) is 4.24. The van der Waals surface area contributed by atoms with Crippen LogP contribution in [0.1, 0.15) is 36.1 Å². The molecule has 0 aromatic heterocycles. The van der Waals surface area contributed by atoms with Crippen LogP contribution in [0.15, 0.2) is 12.1 Å². The van der Waals surface area contributed by atoms with Crippen molar-refractivity contribution in [3.05, 3.63) is 34.4 Å². The fourth-order valence-electron chi connectivity index (χ4n) is 1.69. The fourth-order valence-corrected chi connectivity index (χ4v) is 2.64. The van der Waals surface area contributed by atoms with Crippen molar-refractivity contribution in [1.82, 2.24) is 0 Å². The summed E-state index contributed by atoms with van der Waals surface area (Å²) < 4.78 is 0. The van der Waals surface area contributed by atoms with E-state index in [0.717, 1.165) is 11.0 Å². The van der Waals surface area contributed by atoms with Crippen molar-refractivity contribution < 1.29 is 0 Å². The summed E-state index contributed by atoms with van der Waals surface area (Å²) in [5.74, 6) is 1.15. The number of hydrogen-bond donors (Lipinski definition) is 0. The molecule has 0 heterocycles. The van der Waals surface area contributed by atoms with E-state index in [1.807, 2.05) is 11.8 Å². The van der Waals surface area contributed by atoms with Crippen LogP contribution in [0.25, 0.3) is 0 Å². The summed E-state index contributed by atoms with van der Waals surface area (Å²) >= 11 is 2.02. The minimum Gasteiger partial charge on any atom is -0.154 e. The minimum atomic E-state index is 0.718. The summed E-state index contributed by atoms with van der Waals surface area (Å²) in [7, 11) is 0. The SMILES string of the molecule is Cc1cc(C)c(CSC(C)C)c(C)c1. The zero-order chi connectivity index (χ0) is 10.7. The molecule has 0 atom stereocenters. The minimum absolute atomic E-state index is 0.718. The summed E-state index contributed by atoms with van der Waals surface area (Å²) in [6, 6.07) is 4.56. The van der Waals surface area contributed by atoms with Gasteiger partial charge in [-0.2, -0.15) is 11.8 Å². The van der Waals surface area contributed by atoms with Gasteiger partial charge in [0.1, 0.15) is 0 Å². The van der Waals surface area contributed by atoms with E-state index < -0.39 is 0 Å². The monoisotopic (exact) mass is 208 g/mol. The molecule has 0 spiro atoms. The second-order valence-corrected chi connectivity index (χ2v) is 5.80. The van der Waals surface area contributed by atoms with Crippen LogP contribution in [0, 0.1) is 20.8 Å². The predicted octanol–water partition coefficient (Wildman–Crippen LogP) is 4.25. The Morgan fingerprint density at radius 3 is 2.00 bits per heavy atom. The molecule has 1 aromatic rings. The molecule has 1 rings (SSSR count). The van der Waals surface area contributed by atoms with Gasteiger partial charge in [0.15, 0.2) is 0 Å². The quantitative estimate of drug-likeness (QED) is 0.715. The largest absolute Gasteiger partial charge is 0.154 e. The molecule has 0 saturated carbocycles. The van der Waals surface area contributed by atoms with Crippen molar-refractivity contribution in [3.8, 4) is 0 Å². The van der Waals surface area contributed by atoms with E-state index in [0.29, 0.717) is 0 Å². The lowest BCUT2D eigenvalue weighted by molar-refractivity contribution is 1.10. The van der Waals surface area contributed by atoms with Crippen LogP contribution in [-0.2, 0) is 5.75 Å². The van der Waals surface area contributed by atoms with Gasteiger partial charge in [-0.05, 0) is 42.7 Å². The van der Waals surface area contributed by atoms with E-state index in [1.54, 1.807) is 0 Å². The third-order valence-electron chi connectivity index (χ3n) is 2.40. The van der Waals surface area contributed by atoms with Crippen molar-refractivity contribution in [2.75, 3.05) is 0 Å². The summed E-state index contributed by atoms with van der Waals surface area (Å²) in [6.45, 7) is 11.1. The summed E-state index contributed by atoms with van der Waals surface area (Å²) in [5.41, 5.74) is 5.78. The Bertz CT molecular complexity index is 290. The second kappa shape index (κ2) is 4.88. The van der Waals surface area contributed by atoms with E-state index in [1.165, 1.54) is 22.3 Å². The van der Waals surface area contributed by atoms with Gasteiger partial charge in [0.05, 0.1) is 0 Å². The highest BCUT2D eigenvalue weighted by Crippen LogP contribution is 2.23. The van der Waals surface area contributed by atoms with Crippen molar-refractivity contribution in [3.63, 3.8) is 0 Å². The molecule has 0 radical (unpaired) electrons. The predicted molar refractivity (Wildman–Crippen MR) is 67.1 cm³/mol. The van der Waals surface area contributed by atoms with Crippen LogP contribution in [0.4, 0.5) is 0 Å².